The van der Waals surface area contributed by atoms with Crippen molar-refractivity contribution in [1.82, 2.24) is 4.98 Å². The Morgan fingerprint density at radius 3 is 2.65 bits per heavy atom. The van der Waals surface area contributed by atoms with Gasteiger partial charge >= 0.3 is 0 Å². The number of H-pyrrole nitrogens is 1. The summed E-state index contributed by atoms with van der Waals surface area (Å²) in [5, 5.41) is 9.50. The van der Waals surface area contributed by atoms with E-state index in [1.165, 1.54) is 4.88 Å². The molecule has 26 heavy (non-hydrogen) atoms. The molecule has 3 aromatic rings. The van der Waals surface area contributed by atoms with Crippen molar-refractivity contribution < 1.29 is 0 Å². The van der Waals surface area contributed by atoms with Gasteiger partial charge in [0.2, 0.25) is 0 Å². The fourth-order valence-electron chi connectivity index (χ4n) is 3.04. The van der Waals surface area contributed by atoms with Gasteiger partial charge in [-0.25, -0.2) is 0 Å². The molecule has 0 saturated heterocycles. The molecule has 3 rings (SSSR count). The molecule has 0 amide bonds. The molecule has 0 spiro atoms. The molecule has 0 saturated carbocycles. The molecule has 132 valence electrons. The fourth-order valence-corrected chi connectivity index (χ4v) is 4.12. The number of nitrogens with one attached hydrogen (secondary N) is 1. The van der Waals surface area contributed by atoms with Gasteiger partial charge in [-0.05, 0) is 56.5 Å². The molecular weight excluding hydrogens is 340 g/mol. The molecule has 2 aromatic heterocycles. The molecule has 0 unspecified atom stereocenters. The van der Waals surface area contributed by atoms with E-state index in [0.29, 0.717) is 0 Å². The molecule has 4 heteroatoms. The number of nitrogens with zero attached hydrogens (tertiary/aromatic N) is 1. The molecule has 2 heterocycles. The van der Waals surface area contributed by atoms with Crippen molar-refractivity contribution in [3.63, 3.8) is 0 Å². The standard InChI is InChI=1S/C22H22N2OS/c1-4-5-6-16-9-10-21(26-16)18-12-20(24-22(25)19(18)13-23)17-11-14(2)7-8-15(17)3/h7-12H,4-6H2,1-3H3,(H,24,25). The van der Waals surface area contributed by atoms with Gasteiger partial charge in [0.05, 0.1) is 0 Å². The van der Waals surface area contributed by atoms with Gasteiger partial charge in [-0.3, -0.25) is 4.79 Å². The Balaban J connectivity index is 2.14. The van der Waals surface area contributed by atoms with E-state index >= 15 is 0 Å². The Hall–Kier alpha value is -2.64. The van der Waals surface area contributed by atoms with Gasteiger partial charge < -0.3 is 4.98 Å². The second kappa shape index (κ2) is 7.72. The number of benzene rings is 1. The molecule has 0 atom stereocenters. The number of hydrogen-bond donors (Lipinski definition) is 1. The van der Waals surface area contributed by atoms with Gasteiger partial charge in [0.1, 0.15) is 11.6 Å². The molecule has 0 aliphatic rings. The first-order chi connectivity index (χ1) is 12.5. The van der Waals surface area contributed by atoms with Crippen LogP contribution in [-0.4, -0.2) is 4.98 Å². The van der Waals surface area contributed by atoms with Crippen molar-refractivity contribution in [2.75, 3.05) is 0 Å². The van der Waals surface area contributed by atoms with Crippen LogP contribution >= 0.6 is 11.3 Å². The number of nitriles is 1. The smallest absolute Gasteiger partial charge is 0.267 e. The van der Waals surface area contributed by atoms with Crippen LogP contribution in [0.3, 0.4) is 0 Å². The largest absolute Gasteiger partial charge is 0.321 e. The van der Waals surface area contributed by atoms with Crippen LogP contribution in [-0.2, 0) is 6.42 Å². The zero-order valence-electron chi connectivity index (χ0n) is 15.3. The van der Waals surface area contributed by atoms with Crippen molar-refractivity contribution >= 4 is 11.3 Å². The van der Waals surface area contributed by atoms with Gasteiger partial charge in [-0.1, -0.05) is 31.0 Å². The van der Waals surface area contributed by atoms with Crippen LogP contribution in [0.1, 0.15) is 41.3 Å². The molecule has 0 aliphatic heterocycles. The molecular formula is C22H22N2OS. The van der Waals surface area contributed by atoms with Gasteiger partial charge in [-0.2, -0.15) is 5.26 Å². The van der Waals surface area contributed by atoms with Crippen molar-refractivity contribution in [2.24, 2.45) is 0 Å². The summed E-state index contributed by atoms with van der Waals surface area (Å²) in [6.07, 6.45) is 3.34. The highest BCUT2D eigenvalue weighted by Gasteiger charge is 2.15. The second-order valence-corrected chi connectivity index (χ2v) is 7.77. The number of aromatic amines is 1. The van der Waals surface area contributed by atoms with Gasteiger partial charge in [-0.15, -0.1) is 11.3 Å². The molecule has 0 aliphatic carbocycles. The van der Waals surface area contributed by atoms with Crippen molar-refractivity contribution in [3.8, 4) is 27.8 Å². The molecule has 1 aromatic carbocycles. The van der Waals surface area contributed by atoms with Gasteiger partial charge in [0.15, 0.2) is 0 Å². The van der Waals surface area contributed by atoms with E-state index in [9.17, 15) is 10.1 Å². The normalized spacial score (nSPS) is 10.7. The summed E-state index contributed by atoms with van der Waals surface area (Å²) >= 11 is 1.67. The zero-order valence-corrected chi connectivity index (χ0v) is 16.2. The number of pyridine rings is 1. The van der Waals surface area contributed by atoms with Crippen LogP contribution in [0.2, 0.25) is 0 Å². The maximum Gasteiger partial charge on any atom is 0.267 e. The monoisotopic (exact) mass is 362 g/mol. The molecule has 0 fully saturated rings. The Labute approximate surface area is 158 Å². The van der Waals surface area contributed by atoms with Crippen LogP contribution in [0.4, 0.5) is 0 Å². The number of hydrogen-bond acceptors (Lipinski definition) is 3. The minimum Gasteiger partial charge on any atom is -0.321 e. The van der Waals surface area contributed by atoms with Crippen LogP contribution in [0, 0.1) is 25.2 Å². The third-order valence-electron chi connectivity index (χ3n) is 4.53. The Kier molecular flexibility index (Phi) is 5.39. The summed E-state index contributed by atoms with van der Waals surface area (Å²) in [6, 6.07) is 14.3. The van der Waals surface area contributed by atoms with Crippen molar-refractivity contribution in [2.45, 2.75) is 40.0 Å². The van der Waals surface area contributed by atoms with Crippen LogP contribution in [0.25, 0.3) is 21.7 Å². The number of rotatable bonds is 5. The summed E-state index contributed by atoms with van der Waals surface area (Å²) in [4.78, 5) is 17.7. The first kappa shape index (κ1) is 18.2. The van der Waals surface area contributed by atoms with E-state index < -0.39 is 0 Å². The lowest BCUT2D eigenvalue weighted by atomic mass is 9.99. The highest BCUT2D eigenvalue weighted by atomic mass is 32.1. The fraction of sp³-hybridized carbons (Fsp3) is 0.273. The SMILES string of the molecule is CCCCc1ccc(-c2cc(-c3cc(C)ccc3C)[nH]c(=O)c2C#N)s1. The average Bonchev–Trinajstić information content (AvgIpc) is 3.10. The Morgan fingerprint density at radius 2 is 1.92 bits per heavy atom. The molecule has 3 nitrogen and oxygen atoms in total. The highest BCUT2D eigenvalue weighted by molar-refractivity contribution is 7.15. The lowest BCUT2D eigenvalue weighted by Gasteiger charge is -2.10. The topological polar surface area (TPSA) is 56.6 Å². The third kappa shape index (κ3) is 3.63. The molecule has 0 radical (unpaired) electrons. The third-order valence-corrected chi connectivity index (χ3v) is 5.71. The number of aryl methyl sites for hydroxylation is 3. The highest BCUT2D eigenvalue weighted by Crippen LogP contribution is 2.33. The lowest BCUT2D eigenvalue weighted by Crippen LogP contribution is -2.12. The maximum atomic E-state index is 12.5. The van der Waals surface area contributed by atoms with Crippen LogP contribution in [0.5, 0.6) is 0 Å². The molecule has 1 N–H and O–H groups in total. The predicted molar refractivity (Wildman–Crippen MR) is 109 cm³/mol. The van der Waals surface area contributed by atoms with Crippen molar-refractivity contribution in [3.05, 3.63) is 68.3 Å². The van der Waals surface area contributed by atoms with Crippen LogP contribution < -0.4 is 5.56 Å². The summed E-state index contributed by atoms with van der Waals surface area (Å²) in [5.41, 5.74) is 4.56. The van der Waals surface area contributed by atoms with E-state index in [-0.39, 0.29) is 11.1 Å². The first-order valence-corrected chi connectivity index (χ1v) is 9.69. The van der Waals surface area contributed by atoms with Gasteiger partial charge in [0.25, 0.3) is 5.56 Å². The number of aromatic nitrogens is 1. The summed E-state index contributed by atoms with van der Waals surface area (Å²) < 4.78 is 0. The van der Waals surface area contributed by atoms with E-state index in [4.69, 9.17) is 0 Å². The van der Waals surface area contributed by atoms with E-state index in [0.717, 1.165) is 52.1 Å². The predicted octanol–water partition coefficient (Wildman–Crippen LogP) is 5.60. The van der Waals surface area contributed by atoms with Gasteiger partial charge in [0, 0.05) is 26.6 Å². The van der Waals surface area contributed by atoms with Crippen LogP contribution in [0.15, 0.2) is 41.2 Å². The minimum atomic E-state index is -0.329. The van der Waals surface area contributed by atoms with Crippen molar-refractivity contribution in [1.29, 1.82) is 5.26 Å². The maximum absolute atomic E-state index is 12.5. The average molecular weight is 362 g/mol. The summed E-state index contributed by atoms with van der Waals surface area (Å²) in [5.74, 6) is 0. The quantitative estimate of drug-likeness (QED) is 0.642. The Morgan fingerprint density at radius 1 is 1.12 bits per heavy atom. The number of unbranched alkanes of at least 4 members (excludes halogenated alkanes) is 1. The molecule has 0 bridgehead atoms. The van der Waals surface area contributed by atoms with E-state index in [1.54, 1.807) is 11.3 Å². The van der Waals surface area contributed by atoms with E-state index in [1.807, 2.05) is 26.0 Å². The first-order valence-electron chi connectivity index (χ1n) is 8.87. The zero-order chi connectivity index (χ0) is 18.7. The Bertz CT molecular complexity index is 1040. The summed E-state index contributed by atoms with van der Waals surface area (Å²) in [7, 11) is 0. The minimum absolute atomic E-state index is 0.183. The summed E-state index contributed by atoms with van der Waals surface area (Å²) in [6.45, 7) is 6.24. The van der Waals surface area contributed by atoms with E-state index in [2.05, 4.69) is 42.2 Å². The lowest BCUT2D eigenvalue weighted by molar-refractivity contribution is 0.804. The number of thiophene rings is 1. The second-order valence-electron chi connectivity index (χ2n) is 6.60.